The Balaban J connectivity index is 1.53. The molecule has 0 radical (unpaired) electrons. The molecule has 1 aliphatic rings. The highest BCUT2D eigenvalue weighted by Crippen LogP contribution is 2.30. The maximum Gasteiger partial charge on any atom is 0.227 e. The lowest BCUT2D eigenvalue weighted by atomic mass is 10.0. The second-order valence-electron chi connectivity index (χ2n) is 10.8. The lowest BCUT2D eigenvalue weighted by Crippen LogP contribution is -2.47. The maximum absolute atomic E-state index is 13.3. The third kappa shape index (κ3) is 6.74. The molecule has 3 aromatic rings. The Bertz CT molecular complexity index is 1200. The van der Waals surface area contributed by atoms with E-state index in [4.69, 9.17) is 4.74 Å². The fraction of sp³-hybridized carbons (Fsp3) is 0.406. The highest BCUT2D eigenvalue weighted by atomic mass is 16.5. The molecule has 1 aliphatic heterocycles. The molecule has 3 aromatic carbocycles. The van der Waals surface area contributed by atoms with Crippen molar-refractivity contribution in [2.45, 2.75) is 39.0 Å². The first-order chi connectivity index (χ1) is 18.2. The fourth-order valence-corrected chi connectivity index (χ4v) is 5.03. The maximum atomic E-state index is 13.3. The smallest absolute Gasteiger partial charge is 0.227 e. The molecule has 6 heteroatoms. The van der Waals surface area contributed by atoms with Crippen molar-refractivity contribution in [3.05, 3.63) is 83.9 Å². The van der Waals surface area contributed by atoms with E-state index in [1.54, 1.807) is 0 Å². The normalized spacial score (nSPS) is 18.7. The predicted molar refractivity (Wildman–Crippen MR) is 155 cm³/mol. The molecule has 0 aromatic heterocycles. The number of benzene rings is 3. The van der Waals surface area contributed by atoms with Crippen LogP contribution in [-0.2, 0) is 17.8 Å². The van der Waals surface area contributed by atoms with E-state index < -0.39 is 0 Å². The van der Waals surface area contributed by atoms with E-state index in [2.05, 4.69) is 67.4 Å². The first-order valence-electron chi connectivity index (χ1n) is 13.4. The van der Waals surface area contributed by atoms with E-state index in [0.29, 0.717) is 13.1 Å². The summed E-state index contributed by atoms with van der Waals surface area (Å²) in [7, 11) is 6.10. The van der Waals surface area contributed by atoms with Gasteiger partial charge in [-0.3, -0.25) is 9.69 Å². The van der Waals surface area contributed by atoms with Crippen LogP contribution in [0.1, 0.15) is 25.0 Å². The minimum Gasteiger partial charge on any atom is -0.488 e. The number of fused-ring (bicyclic) bond motifs is 1. The summed E-state index contributed by atoms with van der Waals surface area (Å²) in [6.07, 6.45) is 0.136. The molecular formula is C32H41N3O3. The van der Waals surface area contributed by atoms with Gasteiger partial charge in [-0.2, -0.15) is 0 Å². The van der Waals surface area contributed by atoms with Crippen molar-refractivity contribution in [3.63, 3.8) is 0 Å². The molecule has 0 bridgehead atoms. The summed E-state index contributed by atoms with van der Waals surface area (Å²) >= 11 is 0. The van der Waals surface area contributed by atoms with E-state index in [1.165, 1.54) is 16.7 Å². The zero-order chi connectivity index (χ0) is 27.2. The molecule has 1 heterocycles. The Labute approximate surface area is 227 Å². The van der Waals surface area contributed by atoms with Gasteiger partial charge in [0.15, 0.2) is 0 Å². The van der Waals surface area contributed by atoms with Crippen LogP contribution in [-0.4, -0.2) is 73.8 Å². The molecule has 0 saturated heterocycles. The van der Waals surface area contributed by atoms with Crippen LogP contribution < -0.4 is 9.64 Å². The van der Waals surface area contributed by atoms with Crippen LogP contribution in [0.25, 0.3) is 11.1 Å². The molecule has 1 amide bonds. The zero-order valence-electron chi connectivity index (χ0n) is 23.3. The van der Waals surface area contributed by atoms with Crippen LogP contribution in [0.4, 0.5) is 5.69 Å². The van der Waals surface area contributed by atoms with Gasteiger partial charge in [0.1, 0.15) is 11.9 Å². The van der Waals surface area contributed by atoms with Crippen LogP contribution in [0, 0.1) is 5.92 Å². The number of carbonyl (C=O) groups is 1. The number of likely N-dealkylation sites (N-methyl/N-ethyl adjacent to an activating group) is 1. The Kier molecular flexibility index (Phi) is 9.08. The number of amides is 1. The number of ether oxygens (including phenoxy) is 1. The second kappa shape index (κ2) is 12.5. The van der Waals surface area contributed by atoms with Crippen LogP contribution in [0.3, 0.4) is 0 Å². The van der Waals surface area contributed by atoms with Gasteiger partial charge >= 0.3 is 0 Å². The molecule has 0 aliphatic carbocycles. The highest BCUT2D eigenvalue weighted by Gasteiger charge is 2.31. The Morgan fingerprint density at radius 3 is 2.34 bits per heavy atom. The van der Waals surface area contributed by atoms with E-state index in [0.717, 1.165) is 23.5 Å². The number of hydrogen-bond donors (Lipinski definition) is 1. The summed E-state index contributed by atoms with van der Waals surface area (Å²) in [5.74, 6) is 0.863. The summed E-state index contributed by atoms with van der Waals surface area (Å²) in [6, 6.07) is 25.0. The molecule has 6 nitrogen and oxygen atoms in total. The number of nitrogens with zero attached hydrogens (tertiary/aromatic N) is 3. The van der Waals surface area contributed by atoms with E-state index in [9.17, 15) is 9.90 Å². The summed E-state index contributed by atoms with van der Waals surface area (Å²) in [6.45, 7) is 6.03. The number of aliphatic hydroxyl groups excluding tert-OH is 1. The van der Waals surface area contributed by atoms with Crippen molar-refractivity contribution in [3.8, 4) is 16.9 Å². The first kappa shape index (κ1) is 27.7. The predicted octanol–water partition coefficient (Wildman–Crippen LogP) is 4.70. The molecule has 0 spiro atoms. The fourth-order valence-electron chi connectivity index (χ4n) is 5.03. The third-order valence-electron chi connectivity index (χ3n) is 7.42. The number of hydrogen-bond acceptors (Lipinski definition) is 5. The van der Waals surface area contributed by atoms with E-state index in [1.807, 2.05) is 55.1 Å². The van der Waals surface area contributed by atoms with Crippen molar-refractivity contribution in [2.75, 3.05) is 45.7 Å². The molecule has 202 valence electrons. The van der Waals surface area contributed by atoms with Crippen LogP contribution in [0.2, 0.25) is 0 Å². The summed E-state index contributed by atoms with van der Waals surface area (Å²) in [5.41, 5.74) is 5.58. The monoisotopic (exact) mass is 515 g/mol. The number of carbonyl (C=O) groups excluding carboxylic acids is 1. The SMILES string of the molecule is C[C@H]1CN([C@@H](C)CO)C(=O)Cc2cc(N(C)C)ccc2O[C@H]1CN(C)Cc1ccc(-c2ccccc2)cc1. The molecule has 4 rings (SSSR count). The van der Waals surface area contributed by atoms with Crippen molar-refractivity contribution in [1.29, 1.82) is 0 Å². The molecule has 1 N–H and O–H groups in total. The average Bonchev–Trinajstić information content (AvgIpc) is 2.96. The van der Waals surface area contributed by atoms with Crippen LogP contribution in [0.5, 0.6) is 5.75 Å². The van der Waals surface area contributed by atoms with Crippen LogP contribution in [0.15, 0.2) is 72.8 Å². The molecule has 3 atom stereocenters. The molecule has 0 fully saturated rings. The standard InChI is InChI=1S/C32H41N3O3/c1-23-19-35(24(2)22-36)32(37)18-28-17-29(33(3)4)15-16-30(28)38-31(23)21-34(5)20-25-11-13-27(14-12-25)26-9-7-6-8-10-26/h6-17,23-24,31,36H,18-22H2,1-5H3/t23-,24-,31-/m0/s1. The van der Waals surface area contributed by atoms with Gasteiger partial charge in [0.05, 0.1) is 19.1 Å². The van der Waals surface area contributed by atoms with E-state index in [-0.39, 0.29) is 37.0 Å². The number of aliphatic hydroxyl groups is 1. The Morgan fingerprint density at radius 2 is 1.68 bits per heavy atom. The quantitative estimate of drug-likeness (QED) is 0.471. The minimum atomic E-state index is -0.245. The van der Waals surface area contributed by atoms with Gasteiger partial charge in [0.25, 0.3) is 0 Å². The Hall–Kier alpha value is -3.35. The average molecular weight is 516 g/mol. The summed E-state index contributed by atoms with van der Waals surface area (Å²) in [4.78, 5) is 19.5. The van der Waals surface area contributed by atoms with Gasteiger partial charge < -0.3 is 19.6 Å². The minimum absolute atomic E-state index is 0.0201. The lowest BCUT2D eigenvalue weighted by molar-refractivity contribution is -0.134. The van der Waals surface area contributed by atoms with Gasteiger partial charge in [0.2, 0.25) is 5.91 Å². The van der Waals surface area contributed by atoms with Gasteiger partial charge in [-0.25, -0.2) is 0 Å². The van der Waals surface area contributed by atoms with Crippen molar-refractivity contribution in [2.24, 2.45) is 5.92 Å². The number of anilines is 1. The van der Waals surface area contributed by atoms with Crippen molar-refractivity contribution in [1.82, 2.24) is 9.80 Å². The van der Waals surface area contributed by atoms with Gasteiger partial charge in [-0.05, 0) is 48.9 Å². The third-order valence-corrected chi connectivity index (χ3v) is 7.42. The summed E-state index contributed by atoms with van der Waals surface area (Å²) < 4.78 is 6.66. The van der Waals surface area contributed by atoms with Gasteiger partial charge in [-0.15, -0.1) is 0 Å². The topological polar surface area (TPSA) is 56.3 Å². The largest absolute Gasteiger partial charge is 0.488 e. The van der Waals surface area contributed by atoms with Gasteiger partial charge in [0, 0.05) is 50.9 Å². The van der Waals surface area contributed by atoms with E-state index >= 15 is 0 Å². The molecule has 0 saturated carbocycles. The zero-order valence-corrected chi connectivity index (χ0v) is 23.3. The Morgan fingerprint density at radius 1 is 1.00 bits per heavy atom. The van der Waals surface area contributed by atoms with Gasteiger partial charge in [-0.1, -0.05) is 61.5 Å². The lowest BCUT2D eigenvalue weighted by Gasteiger charge is -2.34. The van der Waals surface area contributed by atoms with Crippen molar-refractivity contribution >= 4 is 11.6 Å². The molecular weight excluding hydrogens is 474 g/mol. The number of rotatable bonds is 8. The second-order valence-corrected chi connectivity index (χ2v) is 10.8. The highest BCUT2D eigenvalue weighted by molar-refractivity contribution is 5.80. The molecule has 38 heavy (non-hydrogen) atoms. The first-order valence-corrected chi connectivity index (χ1v) is 13.4. The van der Waals surface area contributed by atoms with Crippen molar-refractivity contribution < 1.29 is 14.6 Å². The molecule has 0 unspecified atom stereocenters. The van der Waals surface area contributed by atoms with Crippen LogP contribution >= 0.6 is 0 Å². The summed E-state index contributed by atoms with van der Waals surface area (Å²) in [5, 5.41) is 9.86.